The average molecular weight is 260 g/mol. The monoisotopic (exact) mass is 260 g/mol. The van der Waals surface area contributed by atoms with Crippen LogP contribution in [0.1, 0.15) is 55.3 Å². The molecule has 1 aromatic heterocycles. The van der Waals surface area contributed by atoms with Crippen molar-refractivity contribution in [2.45, 2.75) is 57.0 Å². The quantitative estimate of drug-likeness (QED) is 0.870. The van der Waals surface area contributed by atoms with E-state index >= 15 is 0 Å². The topological polar surface area (TPSA) is 66.9 Å². The molecule has 2 N–H and O–H groups in total. The molecule has 0 bridgehead atoms. The molecule has 0 unspecified atom stereocenters. The van der Waals surface area contributed by atoms with Gasteiger partial charge in [0.05, 0.1) is 5.56 Å². The van der Waals surface area contributed by atoms with Crippen molar-refractivity contribution in [3.8, 4) is 0 Å². The van der Waals surface area contributed by atoms with Gasteiger partial charge in [0.2, 0.25) is 5.95 Å². The van der Waals surface area contributed by atoms with Crippen molar-refractivity contribution in [3.05, 3.63) is 18.0 Å². The predicted octanol–water partition coefficient (Wildman–Crippen LogP) is 2.11. The van der Waals surface area contributed by atoms with Gasteiger partial charge < -0.3 is 10.6 Å². The van der Waals surface area contributed by atoms with Gasteiger partial charge in [0.1, 0.15) is 0 Å². The Labute approximate surface area is 113 Å². The molecule has 2 aliphatic rings. The van der Waals surface area contributed by atoms with Crippen LogP contribution >= 0.6 is 0 Å². The maximum atomic E-state index is 11.8. The van der Waals surface area contributed by atoms with Gasteiger partial charge in [-0.15, -0.1) is 0 Å². The minimum atomic E-state index is -0.0632. The van der Waals surface area contributed by atoms with Gasteiger partial charge in [-0.1, -0.05) is 19.3 Å². The van der Waals surface area contributed by atoms with E-state index in [2.05, 4.69) is 20.6 Å². The zero-order valence-corrected chi connectivity index (χ0v) is 11.1. The van der Waals surface area contributed by atoms with E-state index in [0.29, 0.717) is 23.6 Å². The fourth-order valence-electron chi connectivity index (χ4n) is 2.45. The first kappa shape index (κ1) is 12.4. The molecule has 19 heavy (non-hydrogen) atoms. The highest BCUT2D eigenvalue weighted by Crippen LogP contribution is 2.20. The lowest BCUT2D eigenvalue weighted by Crippen LogP contribution is -2.26. The van der Waals surface area contributed by atoms with Crippen molar-refractivity contribution in [1.29, 1.82) is 0 Å². The molecule has 0 radical (unpaired) electrons. The summed E-state index contributed by atoms with van der Waals surface area (Å²) < 4.78 is 0. The third-order valence-corrected chi connectivity index (χ3v) is 3.76. The van der Waals surface area contributed by atoms with Gasteiger partial charge in [0.25, 0.3) is 5.91 Å². The van der Waals surface area contributed by atoms with Crippen molar-refractivity contribution in [2.75, 3.05) is 5.32 Å². The Hall–Kier alpha value is -1.65. The molecule has 0 aromatic carbocycles. The van der Waals surface area contributed by atoms with E-state index in [1.165, 1.54) is 32.1 Å². The third-order valence-electron chi connectivity index (χ3n) is 3.76. The number of carbonyl (C=O) groups excluding carboxylic acids is 1. The Kier molecular flexibility index (Phi) is 3.62. The maximum Gasteiger partial charge on any atom is 0.254 e. The second-order valence-corrected chi connectivity index (χ2v) is 5.52. The normalized spacial score (nSPS) is 20.0. The van der Waals surface area contributed by atoms with Gasteiger partial charge in [-0.05, 0) is 25.7 Å². The summed E-state index contributed by atoms with van der Waals surface area (Å²) >= 11 is 0. The van der Waals surface area contributed by atoms with Gasteiger partial charge in [-0.3, -0.25) is 4.79 Å². The molecule has 5 nitrogen and oxygen atoms in total. The lowest BCUT2D eigenvalue weighted by atomic mass is 9.96. The van der Waals surface area contributed by atoms with E-state index in [0.717, 1.165) is 12.8 Å². The smallest absolute Gasteiger partial charge is 0.254 e. The van der Waals surface area contributed by atoms with Crippen LogP contribution < -0.4 is 10.6 Å². The summed E-state index contributed by atoms with van der Waals surface area (Å²) in [5, 5.41) is 6.28. The number of aromatic nitrogens is 2. The lowest BCUT2D eigenvalue weighted by Gasteiger charge is -2.22. The van der Waals surface area contributed by atoms with E-state index in [-0.39, 0.29) is 5.91 Å². The van der Waals surface area contributed by atoms with Crippen molar-refractivity contribution in [2.24, 2.45) is 0 Å². The molecule has 1 heterocycles. The maximum absolute atomic E-state index is 11.8. The molecular formula is C14H20N4O. The number of nitrogens with one attached hydrogen (secondary N) is 2. The first-order valence-electron chi connectivity index (χ1n) is 7.21. The van der Waals surface area contributed by atoms with E-state index in [9.17, 15) is 4.79 Å². The molecule has 0 atom stereocenters. The van der Waals surface area contributed by atoms with Crippen molar-refractivity contribution in [3.63, 3.8) is 0 Å². The Bertz CT molecular complexity index is 435. The standard InChI is InChI=1S/C14H20N4O/c19-13(17-12-6-7-12)10-8-15-14(16-9-10)18-11-4-2-1-3-5-11/h8-9,11-12H,1-7H2,(H,17,19)(H,15,16,18). The largest absolute Gasteiger partial charge is 0.351 e. The number of amides is 1. The van der Waals surface area contributed by atoms with Gasteiger partial charge in [0.15, 0.2) is 0 Å². The molecule has 1 amide bonds. The van der Waals surface area contributed by atoms with Gasteiger partial charge in [-0.2, -0.15) is 0 Å². The molecule has 0 spiro atoms. The van der Waals surface area contributed by atoms with Crippen LogP contribution in [0.25, 0.3) is 0 Å². The molecule has 2 aliphatic carbocycles. The molecule has 102 valence electrons. The Morgan fingerprint density at radius 3 is 2.32 bits per heavy atom. The van der Waals surface area contributed by atoms with Gasteiger partial charge in [0, 0.05) is 24.5 Å². The number of rotatable bonds is 4. The third kappa shape index (κ3) is 3.43. The Balaban J connectivity index is 1.56. The van der Waals surface area contributed by atoms with Crippen LogP contribution in [-0.4, -0.2) is 28.0 Å². The van der Waals surface area contributed by atoms with E-state index in [1.807, 2.05) is 0 Å². The zero-order chi connectivity index (χ0) is 13.1. The van der Waals surface area contributed by atoms with Crippen LogP contribution in [0.15, 0.2) is 12.4 Å². The summed E-state index contributed by atoms with van der Waals surface area (Å²) in [6.45, 7) is 0. The van der Waals surface area contributed by atoms with Crippen molar-refractivity contribution < 1.29 is 4.79 Å². The van der Waals surface area contributed by atoms with Crippen LogP contribution in [0.3, 0.4) is 0 Å². The molecule has 1 aromatic rings. The highest BCUT2D eigenvalue weighted by atomic mass is 16.1. The number of nitrogens with zero attached hydrogens (tertiary/aromatic N) is 2. The fourth-order valence-corrected chi connectivity index (χ4v) is 2.45. The van der Waals surface area contributed by atoms with Crippen molar-refractivity contribution >= 4 is 11.9 Å². The first-order valence-corrected chi connectivity index (χ1v) is 7.21. The van der Waals surface area contributed by atoms with Crippen LogP contribution in [0.2, 0.25) is 0 Å². The number of carbonyl (C=O) groups is 1. The highest BCUT2D eigenvalue weighted by molar-refractivity contribution is 5.94. The number of hydrogen-bond donors (Lipinski definition) is 2. The summed E-state index contributed by atoms with van der Waals surface area (Å²) in [5.74, 6) is 0.571. The van der Waals surface area contributed by atoms with Crippen LogP contribution in [0.5, 0.6) is 0 Å². The molecule has 5 heteroatoms. The van der Waals surface area contributed by atoms with Crippen LogP contribution in [0.4, 0.5) is 5.95 Å². The minimum Gasteiger partial charge on any atom is -0.351 e. The molecule has 2 saturated carbocycles. The number of anilines is 1. The second kappa shape index (κ2) is 5.55. The summed E-state index contributed by atoms with van der Waals surface area (Å²) in [6.07, 6.45) is 11.7. The predicted molar refractivity (Wildman–Crippen MR) is 73.0 cm³/mol. The van der Waals surface area contributed by atoms with Crippen molar-refractivity contribution in [1.82, 2.24) is 15.3 Å². The lowest BCUT2D eigenvalue weighted by molar-refractivity contribution is 0.0950. The molecule has 3 rings (SSSR count). The Morgan fingerprint density at radius 2 is 1.68 bits per heavy atom. The van der Waals surface area contributed by atoms with E-state index < -0.39 is 0 Å². The molecular weight excluding hydrogens is 240 g/mol. The first-order chi connectivity index (χ1) is 9.31. The Morgan fingerprint density at radius 1 is 1.00 bits per heavy atom. The van der Waals surface area contributed by atoms with E-state index in [4.69, 9.17) is 0 Å². The second-order valence-electron chi connectivity index (χ2n) is 5.52. The fraction of sp³-hybridized carbons (Fsp3) is 0.643. The summed E-state index contributed by atoms with van der Waals surface area (Å²) in [6, 6.07) is 0.854. The molecule has 2 fully saturated rings. The van der Waals surface area contributed by atoms with Gasteiger partial charge >= 0.3 is 0 Å². The molecule has 0 saturated heterocycles. The highest BCUT2D eigenvalue weighted by Gasteiger charge is 2.24. The number of hydrogen-bond acceptors (Lipinski definition) is 4. The van der Waals surface area contributed by atoms with Gasteiger partial charge in [-0.25, -0.2) is 9.97 Å². The molecule has 0 aliphatic heterocycles. The van der Waals surface area contributed by atoms with E-state index in [1.54, 1.807) is 12.4 Å². The summed E-state index contributed by atoms with van der Waals surface area (Å²) in [5.41, 5.74) is 0.543. The summed E-state index contributed by atoms with van der Waals surface area (Å²) in [4.78, 5) is 20.3. The summed E-state index contributed by atoms with van der Waals surface area (Å²) in [7, 11) is 0. The van der Waals surface area contributed by atoms with Crippen LogP contribution in [-0.2, 0) is 0 Å². The average Bonchev–Trinajstić information content (AvgIpc) is 3.25. The van der Waals surface area contributed by atoms with Crippen LogP contribution in [0, 0.1) is 0 Å². The SMILES string of the molecule is O=C(NC1CC1)c1cnc(NC2CCCCC2)nc1. The zero-order valence-electron chi connectivity index (χ0n) is 11.1. The minimum absolute atomic E-state index is 0.0632.